The van der Waals surface area contributed by atoms with E-state index in [2.05, 4.69) is 4.98 Å². The van der Waals surface area contributed by atoms with Crippen LogP contribution in [0.25, 0.3) is 0 Å². The molecule has 1 heterocycles. The van der Waals surface area contributed by atoms with Crippen molar-refractivity contribution in [3.8, 4) is 5.75 Å². The molecule has 0 aliphatic rings. The maximum absolute atomic E-state index is 11.0. The number of carboxylic acids is 1. The molecule has 0 aliphatic heterocycles. The SMILES string of the molecule is Cc1c(COc2cnccc2C(=O)O)cccc1[N+](=O)[O-]. The molecule has 7 heteroatoms. The van der Waals surface area contributed by atoms with Gasteiger partial charge in [0.05, 0.1) is 11.1 Å². The second-order valence-corrected chi connectivity index (χ2v) is 4.28. The zero-order valence-corrected chi connectivity index (χ0v) is 11.1. The van der Waals surface area contributed by atoms with Crippen LogP contribution in [-0.4, -0.2) is 21.0 Å². The number of nitrogens with zero attached hydrogens (tertiary/aromatic N) is 2. The van der Waals surface area contributed by atoms with Crippen LogP contribution < -0.4 is 4.74 Å². The molecule has 1 N–H and O–H groups in total. The number of aromatic nitrogens is 1. The molecule has 0 unspecified atom stereocenters. The van der Waals surface area contributed by atoms with Gasteiger partial charge in [-0.2, -0.15) is 0 Å². The van der Waals surface area contributed by atoms with Crippen molar-refractivity contribution in [1.82, 2.24) is 4.98 Å². The number of nitro groups is 1. The zero-order valence-electron chi connectivity index (χ0n) is 11.1. The zero-order chi connectivity index (χ0) is 15.4. The van der Waals surface area contributed by atoms with Gasteiger partial charge in [-0.05, 0) is 18.6 Å². The summed E-state index contributed by atoms with van der Waals surface area (Å²) in [6, 6.07) is 5.99. The summed E-state index contributed by atoms with van der Waals surface area (Å²) in [6.07, 6.45) is 2.66. The van der Waals surface area contributed by atoms with E-state index in [9.17, 15) is 14.9 Å². The molecule has 1 aromatic heterocycles. The Hall–Kier alpha value is -2.96. The molecular weight excluding hydrogens is 276 g/mol. The predicted molar refractivity (Wildman–Crippen MR) is 73.4 cm³/mol. The van der Waals surface area contributed by atoms with Crippen molar-refractivity contribution in [2.75, 3.05) is 0 Å². The van der Waals surface area contributed by atoms with E-state index in [4.69, 9.17) is 9.84 Å². The molecule has 2 rings (SSSR count). The molecule has 7 nitrogen and oxygen atoms in total. The summed E-state index contributed by atoms with van der Waals surface area (Å²) in [5.41, 5.74) is 1.10. The molecule has 0 fully saturated rings. The number of nitro benzene ring substituents is 1. The van der Waals surface area contributed by atoms with Gasteiger partial charge in [0.2, 0.25) is 0 Å². The van der Waals surface area contributed by atoms with Crippen LogP contribution in [-0.2, 0) is 6.61 Å². The van der Waals surface area contributed by atoms with Crippen LogP contribution in [0.4, 0.5) is 5.69 Å². The standard InChI is InChI=1S/C14H12N2O5/c1-9-10(3-2-4-12(9)16(19)20)8-21-13-7-15-6-5-11(13)14(17)18/h2-7H,8H2,1H3,(H,17,18). The summed E-state index contributed by atoms with van der Waals surface area (Å²) in [5.74, 6) is -1.00. The fourth-order valence-corrected chi connectivity index (χ4v) is 1.85. The van der Waals surface area contributed by atoms with Crippen LogP contribution in [0.2, 0.25) is 0 Å². The molecule has 108 valence electrons. The van der Waals surface area contributed by atoms with Gasteiger partial charge in [0.1, 0.15) is 12.2 Å². The molecule has 1 aromatic carbocycles. The van der Waals surface area contributed by atoms with Crippen molar-refractivity contribution in [2.45, 2.75) is 13.5 Å². The number of hydrogen-bond acceptors (Lipinski definition) is 5. The van der Waals surface area contributed by atoms with E-state index in [1.165, 1.54) is 24.5 Å². The number of carbonyl (C=O) groups is 1. The van der Waals surface area contributed by atoms with Crippen LogP contribution in [0.15, 0.2) is 36.7 Å². The van der Waals surface area contributed by atoms with Gasteiger partial charge in [-0.3, -0.25) is 15.1 Å². The maximum Gasteiger partial charge on any atom is 0.339 e. The van der Waals surface area contributed by atoms with Crippen molar-refractivity contribution in [3.05, 3.63) is 63.5 Å². The van der Waals surface area contributed by atoms with Crippen LogP contribution in [0, 0.1) is 17.0 Å². The fraction of sp³-hybridized carbons (Fsp3) is 0.143. The van der Waals surface area contributed by atoms with E-state index in [0.29, 0.717) is 11.1 Å². The van der Waals surface area contributed by atoms with E-state index in [1.807, 2.05) is 0 Å². The summed E-state index contributed by atoms with van der Waals surface area (Å²) in [6.45, 7) is 1.65. The number of ether oxygens (including phenoxy) is 1. The minimum atomic E-state index is -1.12. The first kappa shape index (κ1) is 14.4. The van der Waals surface area contributed by atoms with Crippen molar-refractivity contribution in [3.63, 3.8) is 0 Å². The van der Waals surface area contributed by atoms with Gasteiger partial charge >= 0.3 is 5.97 Å². The highest BCUT2D eigenvalue weighted by molar-refractivity contribution is 5.90. The van der Waals surface area contributed by atoms with Gasteiger partial charge in [-0.1, -0.05) is 12.1 Å². The molecule has 0 atom stereocenters. The number of hydrogen-bond donors (Lipinski definition) is 1. The van der Waals surface area contributed by atoms with Crippen molar-refractivity contribution in [1.29, 1.82) is 0 Å². The average Bonchev–Trinajstić information content (AvgIpc) is 2.46. The van der Waals surface area contributed by atoms with Crippen LogP contribution in [0.5, 0.6) is 5.75 Å². The summed E-state index contributed by atoms with van der Waals surface area (Å²) in [5, 5.41) is 19.9. The Morgan fingerprint density at radius 2 is 2.19 bits per heavy atom. The number of rotatable bonds is 5. The van der Waals surface area contributed by atoms with Crippen LogP contribution >= 0.6 is 0 Å². The number of aromatic carboxylic acids is 1. The molecule has 0 spiro atoms. The van der Waals surface area contributed by atoms with Crippen LogP contribution in [0.3, 0.4) is 0 Å². The third-order valence-electron chi connectivity index (χ3n) is 3.01. The highest BCUT2D eigenvalue weighted by Gasteiger charge is 2.15. The lowest BCUT2D eigenvalue weighted by Gasteiger charge is -2.10. The van der Waals surface area contributed by atoms with Gasteiger partial charge in [-0.25, -0.2) is 4.79 Å². The lowest BCUT2D eigenvalue weighted by atomic mass is 10.1. The molecule has 0 bridgehead atoms. The first-order valence-electron chi connectivity index (χ1n) is 6.03. The van der Waals surface area contributed by atoms with Gasteiger partial charge in [0, 0.05) is 17.8 Å². The Kier molecular flexibility index (Phi) is 4.13. The average molecular weight is 288 g/mol. The minimum absolute atomic E-state index is 0.000690. The third-order valence-corrected chi connectivity index (χ3v) is 3.01. The highest BCUT2D eigenvalue weighted by atomic mass is 16.6. The fourth-order valence-electron chi connectivity index (χ4n) is 1.85. The Bertz CT molecular complexity index is 700. The summed E-state index contributed by atoms with van der Waals surface area (Å²) in [4.78, 5) is 25.3. The Morgan fingerprint density at radius 3 is 2.86 bits per heavy atom. The lowest BCUT2D eigenvalue weighted by molar-refractivity contribution is -0.385. The molecular formula is C14H12N2O5. The van der Waals surface area contributed by atoms with Gasteiger partial charge in [-0.15, -0.1) is 0 Å². The molecule has 2 aromatic rings. The van der Waals surface area contributed by atoms with E-state index >= 15 is 0 Å². The van der Waals surface area contributed by atoms with Crippen molar-refractivity contribution < 1.29 is 19.6 Å². The minimum Gasteiger partial charge on any atom is -0.486 e. The van der Waals surface area contributed by atoms with Gasteiger partial charge < -0.3 is 9.84 Å². The smallest absolute Gasteiger partial charge is 0.339 e. The molecule has 0 amide bonds. The van der Waals surface area contributed by atoms with Gasteiger partial charge in [0.15, 0.2) is 5.75 Å². The second-order valence-electron chi connectivity index (χ2n) is 4.28. The van der Waals surface area contributed by atoms with Crippen LogP contribution in [0.1, 0.15) is 21.5 Å². The van der Waals surface area contributed by atoms with E-state index in [0.717, 1.165) is 0 Å². The highest BCUT2D eigenvalue weighted by Crippen LogP contribution is 2.23. The Morgan fingerprint density at radius 1 is 1.43 bits per heavy atom. The number of benzene rings is 1. The van der Waals surface area contributed by atoms with Crippen molar-refractivity contribution in [2.24, 2.45) is 0 Å². The monoisotopic (exact) mass is 288 g/mol. The topological polar surface area (TPSA) is 103 Å². The molecule has 0 saturated carbocycles. The second kappa shape index (κ2) is 6.00. The number of pyridine rings is 1. The Labute approximate surface area is 120 Å². The van der Waals surface area contributed by atoms with E-state index < -0.39 is 10.9 Å². The largest absolute Gasteiger partial charge is 0.486 e. The molecule has 0 radical (unpaired) electrons. The maximum atomic E-state index is 11.0. The Balaban J connectivity index is 2.23. The predicted octanol–water partition coefficient (Wildman–Crippen LogP) is 2.58. The lowest BCUT2D eigenvalue weighted by Crippen LogP contribution is -2.05. The van der Waals surface area contributed by atoms with E-state index in [1.54, 1.807) is 19.1 Å². The normalized spacial score (nSPS) is 10.1. The molecule has 0 saturated heterocycles. The van der Waals surface area contributed by atoms with E-state index in [-0.39, 0.29) is 23.6 Å². The van der Waals surface area contributed by atoms with Gasteiger partial charge in [0.25, 0.3) is 5.69 Å². The van der Waals surface area contributed by atoms with Crippen molar-refractivity contribution >= 4 is 11.7 Å². The summed E-state index contributed by atoms with van der Waals surface area (Å²) in [7, 11) is 0. The molecule has 0 aliphatic carbocycles. The quantitative estimate of drug-likeness (QED) is 0.670. The number of carboxylic acid groups (broad SMARTS) is 1. The third kappa shape index (κ3) is 3.14. The first-order valence-corrected chi connectivity index (χ1v) is 6.03. The first-order chi connectivity index (χ1) is 10.0. The molecule has 21 heavy (non-hydrogen) atoms. The summed E-state index contributed by atoms with van der Waals surface area (Å²) >= 11 is 0. The summed E-state index contributed by atoms with van der Waals surface area (Å²) < 4.78 is 5.43.